The third-order valence-electron chi connectivity index (χ3n) is 2.68. The molecule has 0 saturated heterocycles. The Morgan fingerprint density at radius 1 is 1.41 bits per heavy atom. The second-order valence-electron chi connectivity index (χ2n) is 4.14. The lowest BCUT2D eigenvalue weighted by Gasteiger charge is -2.11. The van der Waals surface area contributed by atoms with Crippen LogP contribution in [-0.4, -0.2) is 9.55 Å². The van der Waals surface area contributed by atoms with Crippen molar-refractivity contribution >= 4 is 11.6 Å². The number of hydrogen-bond donors (Lipinski definition) is 1. The molecule has 0 saturated carbocycles. The summed E-state index contributed by atoms with van der Waals surface area (Å²) in [4.78, 5) is 4.30. The highest BCUT2D eigenvalue weighted by atomic mass is 15.2. The number of aromatic nitrogens is 2. The van der Waals surface area contributed by atoms with Crippen LogP contribution in [0.2, 0.25) is 0 Å². The fourth-order valence-electron chi connectivity index (χ4n) is 1.71. The molecule has 1 N–H and O–H groups in total. The Labute approximate surface area is 102 Å². The third-order valence-corrected chi connectivity index (χ3v) is 2.68. The van der Waals surface area contributed by atoms with Crippen LogP contribution in [0, 0.1) is 13.8 Å². The molecule has 0 atom stereocenters. The molecule has 0 unspecified atom stereocenters. The molecule has 1 heterocycles. The van der Waals surface area contributed by atoms with E-state index in [0.29, 0.717) is 0 Å². The van der Waals surface area contributed by atoms with Crippen LogP contribution in [0.25, 0.3) is 0 Å². The van der Waals surface area contributed by atoms with Gasteiger partial charge in [-0.15, -0.1) is 6.58 Å². The molecule has 2 aromatic rings. The van der Waals surface area contributed by atoms with Gasteiger partial charge in [0.1, 0.15) is 0 Å². The van der Waals surface area contributed by atoms with E-state index in [-0.39, 0.29) is 0 Å². The minimum Gasteiger partial charge on any atom is -0.325 e. The van der Waals surface area contributed by atoms with Crippen molar-refractivity contribution in [2.75, 3.05) is 5.32 Å². The number of nitrogens with one attached hydrogen (secondary N) is 1. The van der Waals surface area contributed by atoms with Crippen LogP contribution >= 0.6 is 0 Å². The Bertz CT molecular complexity index is 526. The molecule has 0 aliphatic heterocycles. The minimum absolute atomic E-state index is 0.757. The van der Waals surface area contributed by atoms with Gasteiger partial charge in [0.2, 0.25) is 5.95 Å². The van der Waals surface area contributed by atoms with Crippen molar-refractivity contribution in [2.45, 2.75) is 20.4 Å². The molecule has 1 aromatic heterocycles. The summed E-state index contributed by atoms with van der Waals surface area (Å²) in [6.07, 6.45) is 5.59. The van der Waals surface area contributed by atoms with Gasteiger partial charge in [0, 0.05) is 24.6 Å². The fourth-order valence-corrected chi connectivity index (χ4v) is 1.71. The van der Waals surface area contributed by atoms with Gasteiger partial charge in [-0.25, -0.2) is 4.98 Å². The number of nitrogens with zero attached hydrogens (tertiary/aromatic N) is 2. The van der Waals surface area contributed by atoms with E-state index in [9.17, 15) is 0 Å². The molecule has 0 spiro atoms. The fraction of sp³-hybridized carbons (Fsp3) is 0.214. The standard InChI is InChI=1S/C14H17N3/c1-4-8-17-9-7-15-14(17)16-13-10-11(2)5-6-12(13)3/h4-7,9-10H,1,8H2,2-3H3,(H,15,16). The molecule has 88 valence electrons. The molecule has 0 radical (unpaired) electrons. The predicted molar refractivity (Wildman–Crippen MR) is 71.6 cm³/mol. The molecule has 2 rings (SSSR count). The normalized spacial score (nSPS) is 10.2. The Morgan fingerprint density at radius 2 is 2.24 bits per heavy atom. The number of hydrogen-bond acceptors (Lipinski definition) is 2. The summed E-state index contributed by atoms with van der Waals surface area (Å²) < 4.78 is 2.02. The first kappa shape index (κ1) is 11.5. The van der Waals surface area contributed by atoms with Crippen molar-refractivity contribution < 1.29 is 0 Å². The monoisotopic (exact) mass is 227 g/mol. The summed E-state index contributed by atoms with van der Waals surface area (Å²) in [6, 6.07) is 6.34. The van der Waals surface area contributed by atoms with Gasteiger partial charge >= 0.3 is 0 Å². The Balaban J connectivity index is 2.27. The van der Waals surface area contributed by atoms with E-state index in [0.717, 1.165) is 18.2 Å². The number of imidazole rings is 1. The van der Waals surface area contributed by atoms with Crippen LogP contribution in [-0.2, 0) is 6.54 Å². The predicted octanol–water partition coefficient (Wildman–Crippen LogP) is 3.43. The SMILES string of the molecule is C=CCn1ccnc1Nc1cc(C)ccc1C. The van der Waals surface area contributed by atoms with Gasteiger partial charge in [-0.3, -0.25) is 0 Å². The second kappa shape index (κ2) is 4.87. The number of anilines is 2. The van der Waals surface area contributed by atoms with E-state index in [1.54, 1.807) is 6.20 Å². The van der Waals surface area contributed by atoms with Crippen molar-refractivity contribution in [2.24, 2.45) is 0 Å². The summed E-state index contributed by atoms with van der Waals surface area (Å²) in [5.74, 6) is 0.846. The van der Waals surface area contributed by atoms with Crippen LogP contribution in [0.3, 0.4) is 0 Å². The van der Waals surface area contributed by atoms with Gasteiger partial charge in [0.05, 0.1) is 0 Å². The summed E-state index contributed by atoms with van der Waals surface area (Å²) in [5, 5.41) is 3.35. The van der Waals surface area contributed by atoms with E-state index in [4.69, 9.17) is 0 Å². The zero-order valence-electron chi connectivity index (χ0n) is 10.3. The minimum atomic E-state index is 0.757. The molecule has 0 aliphatic carbocycles. The van der Waals surface area contributed by atoms with E-state index in [1.165, 1.54) is 11.1 Å². The molecule has 0 aliphatic rings. The summed E-state index contributed by atoms with van der Waals surface area (Å²) in [7, 11) is 0. The number of benzene rings is 1. The zero-order chi connectivity index (χ0) is 12.3. The first-order valence-electron chi connectivity index (χ1n) is 5.67. The Kier molecular flexibility index (Phi) is 3.28. The number of rotatable bonds is 4. The molecule has 0 bridgehead atoms. The lowest BCUT2D eigenvalue weighted by Crippen LogP contribution is -2.03. The highest BCUT2D eigenvalue weighted by Gasteiger charge is 2.04. The quantitative estimate of drug-likeness (QED) is 0.811. The van der Waals surface area contributed by atoms with E-state index < -0.39 is 0 Å². The highest BCUT2D eigenvalue weighted by molar-refractivity contribution is 5.59. The summed E-state index contributed by atoms with van der Waals surface area (Å²) in [5.41, 5.74) is 3.55. The second-order valence-corrected chi connectivity index (χ2v) is 4.14. The van der Waals surface area contributed by atoms with Gasteiger partial charge in [-0.2, -0.15) is 0 Å². The van der Waals surface area contributed by atoms with Gasteiger partial charge in [0.25, 0.3) is 0 Å². The number of aryl methyl sites for hydroxylation is 2. The maximum absolute atomic E-state index is 4.30. The summed E-state index contributed by atoms with van der Waals surface area (Å²) in [6.45, 7) is 8.67. The van der Waals surface area contributed by atoms with Gasteiger partial charge in [-0.05, 0) is 31.0 Å². The molecule has 3 heteroatoms. The lowest BCUT2D eigenvalue weighted by molar-refractivity contribution is 0.832. The maximum atomic E-state index is 4.30. The van der Waals surface area contributed by atoms with Crippen LogP contribution in [0.4, 0.5) is 11.6 Å². The average molecular weight is 227 g/mol. The molecule has 0 amide bonds. The van der Waals surface area contributed by atoms with Crippen LogP contribution in [0.1, 0.15) is 11.1 Å². The molecular weight excluding hydrogens is 210 g/mol. The average Bonchev–Trinajstić information content (AvgIpc) is 2.72. The number of allylic oxidation sites excluding steroid dienone is 1. The topological polar surface area (TPSA) is 29.9 Å². The van der Waals surface area contributed by atoms with Crippen LogP contribution in [0.15, 0.2) is 43.2 Å². The first-order valence-corrected chi connectivity index (χ1v) is 5.67. The van der Waals surface area contributed by atoms with E-state index >= 15 is 0 Å². The van der Waals surface area contributed by atoms with Crippen molar-refractivity contribution in [1.82, 2.24) is 9.55 Å². The first-order chi connectivity index (χ1) is 8.20. The van der Waals surface area contributed by atoms with E-state index in [2.05, 4.69) is 48.9 Å². The van der Waals surface area contributed by atoms with Gasteiger partial charge in [-0.1, -0.05) is 18.2 Å². The summed E-state index contributed by atoms with van der Waals surface area (Å²) >= 11 is 0. The molecule has 17 heavy (non-hydrogen) atoms. The molecular formula is C14H17N3. The molecule has 0 fully saturated rings. The van der Waals surface area contributed by atoms with E-state index in [1.807, 2.05) is 16.8 Å². The Morgan fingerprint density at radius 3 is 3.00 bits per heavy atom. The smallest absolute Gasteiger partial charge is 0.207 e. The lowest BCUT2D eigenvalue weighted by atomic mass is 10.1. The third kappa shape index (κ3) is 2.56. The highest BCUT2D eigenvalue weighted by Crippen LogP contribution is 2.20. The molecule has 1 aromatic carbocycles. The van der Waals surface area contributed by atoms with Crippen LogP contribution < -0.4 is 5.32 Å². The van der Waals surface area contributed by atoms with Crippen molar-refractivity contribution in [1.29, 1.82) is 0 Å². The Hall–Kier alpha value is -2.03. The maximum Gasteiger partial charge on any atom is 0.207 e. The van der Waals surface area contributed by atoms with Crippen LogP contribution in [0.5, 0.6) is 0 Å². The van der Waals surface area contributed by atoms with Crippen molar-refractivity contribution in [3.8, 4) is 0 Å². The van der Waals surface area contributed by atoms with Gasteiger partial charge < -0.3 is 9.88 Å². The van der Waals surface area contributed by atoms with Gasteiger partial charge in [0.15, 0.2) is 0 Å². The van der Waals surface area contributed by atoms with Crippen molar-refractivity contribution in [3.05, 3.63) is 54.4 Å². The largest absolute Gasteiger partial charge is 0.325 e. The molecule has 3 nitrogen and oxygen atoms in total. The zero-order valence-corrected chi connectivity index (χ0v) is 10.3. The van der Waals surface area contributed by atoms with Crippen molar-refractivity contribution in [3.63, 3.8) is 0 Å².